The third kappa shape index (κ3) is 2.85. The van der Waals surface area contributed by atoms with Gasteiger partial charge in [-0.25, -0.2) is 4.79 Å². The highest BCUT2D eigenvalue weighted by Crippen LogP contribution is 2.20. The predicted octanol–water partition coefficient (Wildman–Crippen LogP) is 2.86. The second kappa shape index (κ2) is 6.05. The Balaban J connectivity index is 3.35. The van der Waals surface area contributed by atoms with Crippen molar-refractivity contribution < 1.29 is 9.53 Å². The largest absolute Gasteiger partial charge is 0.462 e. The molecule has 0 bridgehead atoms. The third-order valence-electron chi connectivity index (χ3n) is 2.67. The zero-order valence-corrected chi connectivity index (χ0v) is 10.5. The minimum absolute atomic E-state index is 0.286. The van der Waals surface area contributed by atoms with Crippen molar-refractivity contribution in [1.82, 2.24) is 0 Å². The lowest BCUT2D eigenvalue weighted by Gasteiger charge is -2.12. The van der Waals surface area contributed by atoms with Gasteiger partial charge in [0.25, 0.3) is 0 Å². The van der Waals surface area contributed by atoms with Gasteiger partial charge in [0, 0.05) is 0 Å². The van der Waals surface area contributed by atoms with Crippen LogP contribution >= 0.6 is 0 Å². The van der Waals surface area contributed by atoms with E-state index in [2.05, 4.69) is 6.07 Å². The van der Waals surface area contributed by atoms with Crippen LogP contribution in [0.25, 0.3) is 0 Å². The van der Waals surface area contributed by atoms with E-state index in [9.17, 15) is 4.79 Å². The topological polar surface area (TPSA) is 50.1 Å². The SMILES string of the molecule is CCOC(=O)c1c(CC)cc(C#N)cc1CC. The minimum Gasteiger partial charge on any atom is -0.462 e. The van der Waals surface area contributed by atoms with Crippen LogP contribution in [0, 0.1) is 11.3 Å². The maximum absolute atomic E-state index is 11.9. The molecule has 0 saturated carbocycles. The molecule has 0 aromatic heterocycles. The fourth-order valence-corrected chi connectivity index (χ4v) is 1.86. The van der Waals surface area contributed by atoms with Gasteiger partial charge in [-0.3, -0.25) is 0 Å². The lowest BCUT2D eigenvalue weighted by Crippen LogP contribution is -2.11. The minimum atomic E-state index is -0.286. The predicted molar refractivity (Wildman–Crippen MR) is 65.9 cm³/mol. The number of carbonyl (C=O) groups is 1. The Morgan fingerprint density at radius 3 is 2.12 bits per heavy atom. The number of rotatable bonds is 4. The molecule has 0 saturated heterocycles. The van der Waals surface area contributed by atoms with Gasteiger partial charge in [-0.05, 0) is 43.0 Å². The average Bonchev–Trinajstić information content (AvgIpc) is 2.37. The van der Waals surface area contributed by atoms with Crippen molar-refractivity contribution in [3.05, 3.63) is 34.4 Å². The highest BCUT2D eigenvalue weighted by atomic mass is 16.5. The lowest BCUT2D eigenvalue weighted by molar-refractivity contribution is 0.0524. The number of aryl methyl sites for hydroxylation is 2. The summed E-state index contributed by atoms with van der Waals surface area (Å²) < 4.78 is 5.06. The summed E-state index contributed by atoms with van der Waals surface area (Å²) in [5, 5.41) is 8.94. The molecule has 1 rings (SSSR count). The molecule has 3 nitrogen and oxygen atoms in total. The maximum atomic E-state index is 11.9. The molecule has 0 N–H and O–H groups in total. The van der Waals surface area contributed by atoms with Crippen LogP contribution in [0.4, 0.5) is 0 Å². The highest BCUT2D eigenvalue weighted by Gasteiger charge is 2.17. The quantitative estimate of drug-likeness (QED) is 0.749. The monoisotopic (exact) mass is 231 g/mol. The molecule has 0 amide bonds. The van der Waals surface area contributed by atoms with E-state index >= 15 is 0 Å². The van der Waals surface area contributed by atoms with E-state index in [0.29, 0.717) is 17.7 Å². The van der Waals surface area contributed by atoms with E-state index in [1.54, 1.807) is 19.1 Å². The fourth-order valence-electron chi connectivity index (χ4n) is 1.86. The first kappa shape index (κ1) is 13.2. The standard InChI is InChI=1S/C14H17NO2/c1-4-11-7-10(9-15)8-12(5-2)13(11)14(16)17-6-3/h7-8H,4-6H2,1-3H3. The molecule has 1 aromatic carbocycles. The number of hydrogen-bond acceptors (Lipinski definition) is 3. The Hall–Kier alpha value is -1.82. The van der Waals surface area contributed by atoms with Gasteiger partial charge in [-0.1, -0.05) is 13.8 Å². The van der Waals surface area contributed by atoms with Gasteiger partial charge in [-0.2, -0.15) is 5.26 Å². The molecule has 0 atom stereocenters. The van der Waals surface area contributed by atoms with Crippen LogP contribution in [0.2, 0.25) is 0 Å². The van der Waals surface area contributed by atoms with E-state index in [1.807, 2.05) is 13.8 Å². The normalized spacial score (nSPS) is 9.76. The molecule has 90 valence electrons. The molecule has 0 aliphatic carbocycles. The second-order valence-corrected chi connectivity index (χ2v) is 3.71. The van der Waals surface area contributed by atoms with Gasteiger partial charge >= 0.3 is 5.97 Å². The molecule has 0 aliphatic rings. The summed E-state index contributed by atoms with van der Waals surface area (Å²) in [4.78, 5) is 11.9. The Labute approximate surface area is 102 Å². The Bertz CT molecular complexity index is 433. The van der Waals surface area contributed by atoms with Crippen molar-refractivity contribution in [1.29, 1.82) is 5.26 Å². The molecule has 0 unspecified atom stereocenters. The Morgan fingerprint density at radius 2 is 1.76 bits per heavy atom. The first-order valence-electron chi connectivity index (χ1n) is 5.90. The summed E-state index contributed by atoms with van der Waals surface area (Å²) in [6.07, 6.45) is 1.44. The molecular weight excluding hydrogens is 214 g/mol. The van der Waals surface area contributed by atoms with Crippen LogP contribution in [0.5, 0.6) is 0 Å². The van der Waals surface area contributed by atoms with Crippen molar-refractivity contribution in [2.75, 3.05) is 6.61 Å². The summed E-state index contributed by atoms with van der Waals surface area (Å²) in [6.45, 7) is 6.10. The van der Waals surface area contributed by atoms with E-state index in [1.165, 1.54) is 0 Å². The molecule has 0 spiro atoms. The molecule has 0 fully saturated rings. The van der Waals surface area contributed by atoms with E-state index < -0.39 is 0 Å². The van der Waals surface area contributed by atoms with Crippen molar-refractivity contribution in [3.8, 4) is 6.07 Å². The summed E-state index contributed by atoms with van der Waals surface area (Å²) in [6, 6.07) is 5.66. The summed E-state index contributed by atoms with van der Waals surface area (Å²) >= 11 is 0. The van der Waals surface area contributed by atoms with Gasteiger partial charge < -0.3 is 4.74 Å². The fraction of sp³-hybridized carbons (Fsp3) is 0.429. The second-order valence-electron chi connectivity index (χ2n) is 3.71. The Morgan fingerprint density at radius 1 is 1.24 bits per heavy atom. The van der Waals surface area contributed by atoms with Gasteiger partial charge in [-0.15, -0.1) is 0 Å². The van der Waals surface area contributed by atoms with Crippen LogP contribution in [-0.4, -0.2) is 12.6 Å². The van der Waals surface area contributed by atoms with Crippen molar-refractivity contribution >= 4 is 5.97 Å². The molecule has 0 aliphatic heterocycles. The van der Waals surface area contributed by atoms with Crippen LogP contribution in [0.15, 0.2) is 12.1 Å². The molecule has 3 heteroatoms. The number of benzene rings is 1. The van der Waals surface area contributed by atoms with Crippen LogP contribution in [-0.2, 0) is 17.6 Å². The zero-order valence-electron chi connectivity index (χ0n) is 10.5. The average molecular weight is 231 g/mol. The van der Waals surface area contributed by atoms with E-state index in [0.717, 1.165) is 24.0 Å². The third-order valence-corrected chi connectivity index (χ3v) is 2.67. The highest BCUT2D eigenvalue weighted by molar-refractivity contribution is 5.93. The number of ether oxygens (including phenoxy) is 1. The number of carbonyl (C=O) groups excluding carboxylic acids is 1. The summed E-state index contributed by atoms with van der Waals surface area (Å²) in [7, 11) is 0. The number of nitrogens with zero attached hydrogens (tertiary/aromatic N) is 1. The van der Waals surface area contributed by atoms with Crippen LogP contribution in [0.3, 0.4) is 0 Å². The number of esters is 1. The number of nitriles is 1. The van der Waals surface area contributed by atoms with Gasteiger partial charge in [0.2, 0.25) is 0 Å². The van der Waals surface area contributed by atoms with Gasteiger partial charge in [0.15, 0.2) is 0 Å². The van der Waals surface area contributed by atoms with Gasteiger partial charge in [0.05, 0.1) is 23.8 Å². The zero-order chi connectivity index (χ0) is 12.8. The van der Waals surface area contributed by atoms with Crippen LogP contribution < -0.4 is 0 Å². The number of hydrogen-bond donors (Lipinski definition) is 0. The van der Waals surface area contributed by atoms with Crippen molar-refractivity contribution in [2.45, 2.75) is 33.6 Å². The van der Waals surface area contributed by atoms with Crippen molar-refractivity contribution in [3.63, 3.8) is 0 Å². The maximum Gasteiger partial charge on any atom is 0.338 e. The smallest absolute Gasteiger partial charge is 0.338 e. The lowest BCUT2D eigenvalue weighted by atomic mass is 9.95. The van der Waals surface area contributed by atoms with E-state index in [4.69, 9.17) is 10.00 Å². The molecular formula is C14H17NO2. The molecule has 1 aromatic rings. The van der Waals surface area contributed by atoms with E-state index in [-0.39, 0.29) is 5.97 Å². The van der Waals surface area contributed by atoms with Crippen LogP contribution in [0.1, 0.15) is 47.8 Å². The summed E-state index contributed by atoms with van der Waals surface area (Å²) in [5.41, 5.74) is 3.02. The van der Waals surface area contributed by atoms with Crippen molar-refractivity contribution in [2.24, 2.45) is 0 Å². The van der Waals surface area contributed by atoms with Gasteiger partial charge in [0.1, 0.15) is 0 Å². The summed E-state index contributed by atoms with van der Waals surface area (Å²) in [5.74, 6) is -0.286. The molecule has 0 heterocycles. The first-order chi connectivity index (χ1) is 8.17. The first-order valence-corrected chi connectivity index (χ1v) is 5.90. The molecule has 0 radical (unpaired) electrons. The Kier molecular flexibility index (Phi) is 4.71. The molecule has 17 heavy (non-hydrogen) atoms.